The summed E-state index contributed by atoms with van der Waals surface area (Å²) in [6.07, 6.45) is 4.12. The minimum Gasteiger partial charge on any atom is -0.496 e. The zero-order valence-electron chi connectivity index (χ0n) is 13.8. The Balaban J connectivity index is 1.79. The van der Waals surface area contributed by atoms with Crippen LogP contribution in [0, 0.1) is 10.1 Å². The molecule has 2 aromatic carbocycles. The number of nitrogens with zero attached hydrogens (tertiary/aromatic N) is 3. The number of methoxy groups -OCH3 is 1. The van der Waals surface area contributed by atoms with Gasteiger partial charge >= 0.3 is 0 Å². The first-order chi connectivity index (χ1) is 12.2. The molecule has 25 heavy (non-hydrogen) atoms. The molecule has 0 spiro atoms. The number of rotatable bonds is 3. The van der Waals surface area contributed by atoms with Crippen molar-refractivity contribution in [3.63, 3.8) is 0 Å². The molecule has 1 aromatic heterocycles. The molecule has 0 radical (unpaired) electrons. The number of non-ortho nitro benzene ring substituents is 1. The fraction of sp³-hybridized carbons (Fsp3) is 0.211. The standard InChI is InChI=1S/C19H17N3O3/c1-25-19-4-2-3-13-12-21(10-8-14(13)19)17-5-6-18(22(23)24)16-11-20-9-7-15(16)17/h2-7,9,11H,8,10,12H2,1H3. The first-order valence-corrected chi connectivity index (χ1v) is 8.10. The van der Waals surface area contributed by atoms with Gasteiger partial charge in [0.1, 0.15) is 5.75 Å². The quantitative estimate of drug-likeness (QED) is 0.539. The lowest BCUT2D eigenvalue weighted by atomic mass is 9.97. The van der Waals surface area contributed by atoms with Crippen molar-refractivity contribution in [3.8, 4) is 5.75 Å². The van der Waals surface area contributed by atoms with Crippen LogP contribution in [0.3, 0.4) is 0 Å². The third kappa shape index (κ3) is 2.55. The van der Waals surface area contributed by atoms with Gasteiger partial charge in [-0.2, -0.15) is 0 Å². The zero-order valence-corrected chi connectivity index (χ0v) is 13.8. The van der Waals surface area contributed by atoms with Gasteiger partial charge in [-0.05, 0) is 30.2 Å². The van der Waals surface area contributed by atoms with Crippen LogP contribution in [0.2, 0.25) is 0 Å². The monoisotopic (exact) mass is 335 g/mol. The molecule has 0 N–H and O–H groups in total. The van der Waals surface area contributed by atoms with Gasteiger partial charge in [0, 0.05) is 48.2 Å². The average Bonchev–Trinajstić information content (AvgIpc) is 2.66. The van der Waals surface area contributed by atoms with Crippen molar-refractivity contribution in [2.45, 2.75) is 13.0 Å². The molecular weight excluding hydrogens is 318 g/mol. The van der Waals surface area contributed by atoms with Gasteiger partial charge in [-0.1, -0.05) is 12.1 Å². The minimum absolute atomic E-state index is 0.0888. The van der Waals surface area contributed by atoms with Crippen LogP contribution < -0.4 is 9.64 Å². The predicted molar refractivity (Wildman–Crippen MR) is 96.1 cm³/mol. The van der Waals surface area contributed by atoms with Crippen LogP contribution in [0.15, 0.2) is 48.8 Å². The Labute approximate surface area is 144 Å². The number of ether oxygens (including phenoxy) is 1. The van der Waals surface area contributed by atoms with E-state index in [4.69, 9.17) is 4.74 Å². The molecule has 6 heteroatoms. The van der Waals surface area contributed by atoms with Crippen molar-refractivity contribution in [2.75, 3.05) is 18.6 Å². The Hall–Kier alpha value is -3.15. The van der Waals surface area contributed by atoms with Gasteiger partial charge in [-0.3, -0.25) is 15.1 Å². The summed E-state index contributed by atoms with van der Waals surface area (Å²) in [5, 5.41) is 12.7. The van der Waals surface area contributed by atoms with Crippen LogP contribution in [0.1, 0.15) is 11.1 Å². The molecular formula is C19H17N3O3. The van der Waals surface area contributed by atoms with Crippen molar-refractivity contribution >= 4 is 22.1 Å². The number of benzene rings is 2. The van der Waals surface area contributed by atoms with E-state index in [1.54, 1.807) is 25.6 Å². The second-order valence-corrected chi connectivity index (χ2v) is 6.05. The third-order valence-electron chi connectivity index (χ3n) is 4.75. The molecule has 1 aliphatic rings. The number of pyridine rings is 1. The van der Waals surface area contributed by atoms with Crippen molar-refractivity contribution < 1.29 is 9.66 Å². The average molecular weight is 335 g/mol. The first kappa shape index (κ1) is 15.4. The van der Waals surface area contributed by atoms with Crippen LogP contribution in [-0.4, -0.2) is 23.6 Å². The van der Waals surface area contributed by atoms with E-state index in [2.05, 4.69) is 16.0 Å². The molecule has 1 aliphatic heterocycles. The summed E-state index contributed by atoms with van der Waals surface area (Å²) in [4.78, 5) is 17.2. The summed E-state index contributed by atoms with van der Waals surface area (Å²) in [5.41, 5.74) is 3.56. The molecule has 0 amide bonds. The second-order valence-electron chi connectivity index (χ2n) is 6.05. The molecule has 126 valence electrons. The van der Waals surface area contributed by atoms with Gasteiger partial charge in [-0.15, -0.1) is 0 Å². The zero-order chi connectivity index (χ0) is 17.4. The van der Waals surface area contributed by atoms with Crippen molar-refractivity contribution in [3.05, 3.63) is 70.0 Å². The number of hydrogen-bond acceptors (Lipinski definition) is 5. The Morgan fingerprint density at radius 2 is 2.08 bits per heavy atom. The maximum Gasteiger partial charge on any atom is 0.278 e. The summed E-state index contributed by atoms with van der Waals surface area (Å²) in [6, 6.07) is 11.4. The molecule has 6 nitrogen and oxygen atoms in total. The number of hydrogen-bond donors (Lipinski definition) is 0. The summed E-state index contributed by atoms with van der Waals surface area (Å²) < 4.78 is 5.46. The van der Waals surface area contributed by atoms with Gasteiger partial charge in [0.05, 0.1) is 17.4 Å². The topological polar surface area (TPSA) is 68.5 Å². The molecule has 0 fully saturated rings. The molecule has 0 aliphatic carbocycles. The number of nitro groups is 1. The Morgan fingerprint density at radius 1 is 1.20 bits per heavy atom. The second kappa shape index (κ2) is 6.05. The van der Waals surface area contributed by atoms with Crippen LogP contribution in [-0.2, 0) is 13.0 Å². The number of anilines is 1. The lowest BCUT2D eigenvalue weighted by Crippen LogP contribution is -2.30. The lowest BCUT2D eigenvalue weighted by molar-refractivity contribution is -0.383. The first-order valence-electron chi connectivity index (χ1n) is 8.10. The lowest BCUT2D eigenvalue weighted by Gasteiger charge is -2.32. The fourth-order valence-electron chi connectivity index (χ4n) is 3.57. The maximum atomic E-state index is 11.3. The highest BCUT2D eigenvalue weighted by Gasteiger charge is 2.23. The number of nitro benzene ring substituents is 1. The summed E-state index contributed by atoms with van der Waals surface area (Å²) in [5.74, 6) is 0.926. The van der Waals surface area contributed by atoms with Gasteiger partial charge in [0.2, 0.25) is 0 Å². The van der Waals surface area contributed by atoms with Gasteiger partial charge in [-0.25, -0.2) is 0 Å². The molecule has 0 bridgehead atoms. The van der Waals surface area contributed by atoms with E-state index in [-0.39, 0.29) is 10.6 Å². The highest BCUT2D eigenvalue weighted by molar-refractivity contribution is 5.99. The molecule has 0 unspecified atom stereocenters. The van der Waals surface area contributed by atoms with Crippen LogP contribution >= 0.6 is 0 Å². The molecule has 2 heterocycles. The highest BCUT2D eigenvalue weighted by atomic mass is 16.6. The van der Waals surface area contributed by atoms with Crippen LogP contribution in [0.5, 0.6) is 5.75 Å². The summed E-state index contributed by atoms with van der Waals surface area (Å²) in [6.45, 7) is 1.59. The van der Waals surface area contributed by atoms with E-state index in [1.165, 1.54) is 11.1 Å². The van der Waals surface area contributed by atoms with Crippen LogP contribution in [0.4, 0.5) is 11.4 Å². The highest BCUT2D eigenvalue weighted by Crippen LogP contribution is 2.36. The Kier molecular flexibility index (Phi) is 3.72. The van der Waals surface area contributed by atoms with Crippen molar-refractivity contribution in [1.82, 2.24) is 4.98 Å². The number of fused-ring (bicyclic) bond motifs is 2. The summed E-state index contributed by atoms with van der Waals surface area (Å²) >= 11 is 0. The van der Waals surface area contributed by atoms with E-state index in [0.717, 1.165) is 36.3 Å². The van der Waals surface area contributed by atoms with E-state index >= 15 is 0 Å². The summed E-state index contributed by atoms with van der Waals surface area (Å²) in [7, 11) is 1.69. The molecule has 3 aromatic rings. The van der Waals surface area contributed by atoms with Crippen molar-refractivity contribution in [1.29, 1.82) is 0 Å². The molecule has 0 atom stereocenters. The molecule has 0 saturated heterocycles. The largest absolute Gasteiger partial charge is 0.496 e. The number of aromatic nitrogens is 1. The van der Waals surface area contributed by atoms with E-state index in [0.29, 0.717) is 5.39 Å². The smallest absolute Gasteiger partial charge is 0.278 e. The van der Waals surface area contributed by atoms with E-state index < -0.39 is 0 Å². The van der Waals surface area contributed by atoms with Gasteiger partial charge in [0.25, 0.3) is 5.69 Å². The normalized spacial score (nSPS) is 13.6. The maximum absolute atomic E-state index is 11.3. The van der Waals surface area contributed by atoms with Gasteiger partial charge in [0.15, 0.2) is 0 Å². The Bertz CT molecular complexity index is 971. The van der Waals surface area contributed by atoms with Crippen LogP contribution in [0.25, 0.3) is 10.8 Å². The predicted octanol–water partition coefficient (Wildman–Crippen LogP) is 3.71. The fourth-order valence-corrected chi connectivity index (χ4v) is 3.57. The van der Waals surface area contributed by atoms with Gasteiger partial charge < -0.3 is 9.64 Å². The molecule has 4 rings (SSSR count). The SMILES string of the molecule is COc1cccc2c1CCN(c1ccc([N+](=O)[O-])c3cnccc13)C2. The third-order valence-corrected chi connectivity index (χ3v) is 4.75. The van der Waals surface area contributed by atoms with Crippen molar-refractivity contribution in [2.24, 2.45) is 0 Å². The molecule has 0 saturated carbocycles. The Morgan fingerprint density at radius 3 is 2.88 bits per heavy atom. The minimum atomic E-state index is -0.357. The van der Waals surface area contributed by atoms with E-state index in [9.17, 15) is 10.1 Å². The van der Waals surface area contributed by atoms with E-state index in [1.807, 2.05) is 24.3 Å².